The zero-order valence-corrected chi connectivity index (χ0v) is 10.2. The van der Waals surface area contributed by atoms with Crippen LogP contribution >= 0.6 is 15.9 Å². The molecule has 82 valence electrons. The van der Waals surface area contributed by atoms with Gasteiger partial charge in [0.25, 0.3) is 0 Å². The van der Waals surface area contributed by atoms with Gasteiger partial charge in [-0.3, -0.25) is 0 Å². The third-order valence-corrected chi connectivity index (χ3v) is 4.57. The number of aliphatic hydroxyl groups excluding tert-OH is 1. The van der Waals surface area contributed by atoms with Crippen LogP contribution in [-0.2, 0) is 0 Å². The van der Waals surface area contributed by atoms with E-state index in [9.17, 15) is 5.11 Å². The van der Waals surface area contributed by atoms with Crippen LogP contribution in [0.4, 0.5) is 0 Å². The first kappa shape index (κ1) is 10.9. The lowest BCUT2D eigenvalue weighted by molar-refractivity contribution is 0.114. The minimum absolute atomic E-state index is 0.347. The van der Waals surface area contributed by atoms with Crippen LogP contribution in [-0.4, -0.2) is 41.1 Å². The van der Waals surface area contributed by atoms with Crippen molar-refractivity contribution in [2.75, 3.05) is 25.0 Å². The predicted octanol–water partition coefficient (Wildman–Crippen LogP) is 1.86. The van der Waals surface area contributed by atoms with Gasteiger partial charge in [0.1, 0.15) is 0 Å². The van der Waals surface area contributed by atoms with E-state index in [-0.39, 0.29) is 0 Å². The highest BCUT2D eigenvalue weighted by Gasteiger charge is 2.33. The normalized spacial score (nSPS) is 27.9. The smallest absolute Gasteiger partial charge is 0.0469 e. The molecule has 0 aromatic rings. The first-order valence-electron chi connectivity index (χ1n) is 5.76. The average Bonchev–Trinajstić information content (AvgIpc) is 3.04. The second-order valence-electron chi connectivity index (χ2n) is 4.70. The van der Waals surface area contributed by atoms with Crippen molar-refractivity contribution in [2.45, 2.75) is 31.7 Å². The van der Waals surface area contributed by atoms with Crippen molar-refractivity contribution >= 4 is 15.9 Å². The maximum atomic E-state index is 9.22. The van der Waals surface area contributed by atoms with Crippen LogP contribution in [0.3, 0.4) is 0 Å². The molecule has 0 spiro atoms. The average molecular weight is 262 g/mol. The van der Waals surface area contributed by atoms with Gasteiger partial charge in [-0.1, -0.05) is 15.9 Å². The number of alkyl halides is 1. The first-order valence-corrected chi connectivity index (χ1v) is 6.88. The Bertz CT molecular complexity index is 172. The summed E-state index contributed by atoms with van der Waals surface area (Å²) < 4.78 is 0. The van der Waals surface area contributed by atoms with E-state index in [0.717, 1.165) is 17.3 Å². The first-order chi connectivity index (χ1) is 6.85. The molecule has 3 heteroatoms. The third kappa shape index (κ3) is 2.50. The van der Waals surface area contributed by atoms with Crippen LogP contribution in [0.1, 0.15) is 25.7 Å². The Hall–Kier alpha value is 0.400. The van der Waals surface area contributed by atoms with Crippen molar-refractivity contribution < 1.29 is 5.11 Å². The molecule has 1 N–H and O–H groups in total. The number of halogens is 1. The molecule has 0 radical (unpaired) electrons. The van der Waals surface area contributed by atoms with E-state index in [1.807, 2.05) is 0 Å². The van der Waals surface area contributed by atoms with Gasteiger partial charge < -0.3 is 10.0 Å². The van der Waals surface area contributed by atoms with Gasteiger partial charge in [-0.2, -0.15) is 0 Å². The molecule has 2 fully saturated rings. The lowest BCUT2D eigenvalue weighted by atomic mass is 9.86. The number of nitrogens with zero attached hydrogens (tertiary/aromatic N) is 1. The zero-order chi connectivity index (χ0) is 9.97. The fourth-order valence-corrected chi connectivity index (χ4v) is 3.25. The SMILES string of the molecule is OCC(CBr)C1CCN(C2CC2)CC1. The van der Waals surface area contributed by atoms with E-state index in [0.29, 0.717) is 12.5 Å². The van der Waals surface area contributed by atoms with Gasteiger partial charge in [0.2, 0.25) is 0 Å². The van der Waals surface area contributed by atoms with E-state index in [1.54, 1.807) is 0 Å². The van der Waals surface area contributed by atoms with Gasteiger partial charge in [0.05, 0.1) is 0 Å². The van der Waals surface area contributed by atoms with Gasteiger partial charge in [-0.05, 0) is 50.6 Å². The number of aliphatic hydroxyl groups is 1. The topological polar surface area (TPSA) is 23.5 Å². The summed E-state index contributed by atoms with van der Waals surface area (Å²) in [5.41, 5.74) is 0. The monoisotopic (exact) mass is 261 g/mol. The summed E-state index contributed by atoms with van der Waals surface area (Å²) in [6, 6.07) is 0.924. The molecule has 1 saturated heterocycles. The number of rotatable bonds is 4. The molecule has 1 aliphatic carbocycles. The van der Waals surface area contributed by atoms with Gasteiger partial charge in [0, 0.05) is 18.0 Å². The summed E-state index contributed by atoms with van der Waals surface area (Å²) in [5, 5.41) is 10.2. The zero-order valence-electron chi connectivity index (χ0n) is 8.66. The number of hydrogen-bond acceptors (Lipinski definition) is 2. The second-order valence-corrected chi connectivity index (χ2v) is 5.35. The number of hydrogen-bond donors (Lipinski definition) is 1. The molecule has 0 aromatic heterocycles. The fraction of sp³-hybridized carbons (Fsp3) is 1.00. The van der Waals surface area contributed by atoms with E-state index in [1.165, 1.54) is 38.8 Å². The molecule has 0 bridgehead atoms. The summed E-state index contributed by atoms with van der Waals surface area (Å²) in [5.74, 6) is 1.23. The Morgan fingerprint density at radius 1 is 1.21 bits per heavy atom. The maximum Gasteiger partial charge on any atom is 0.0469 e. The van der Waals surface area contributed by atoms with Crippen LogP contribution in [0.5, 0.6) is 0 Å². The van der Waals surface area contributed by atoms with E-state index in [4.69, 9.17) is 0 Å². The Labute approximate surface area is 94.8 Å². The maximum absolute atomic E-state index is 9.22. The molecule has 1 heterocycles. The fourth-order valence-electron chi connectivity index (χ4n) is 2.52. The van der Waals surface area contributed by atoms with Crippen molar-refractivity contribution in [1.82, 2.24) is 4.90 Å². The standard InChI is InChI=1S/C11H20BrNO/c12-7-10(8-14)9-3-5-13(6-4-9)11-1-2-11/h9-11,14H,1-8H2. The summed E-state index contributed by atoms with van der Waals surface area (Å²) in [4.78, 5) is 2.64. The van der Waals surface area contributed by atoms with Crippen LogP contribution in [0.15, 0.2) is 0 Å². The quantitative estimate of drug-likeness (QED) is 0.782. The van der Waals surface area contributed by atoms with E-state index < -0.39 is 0 Å². The lowest BCUT2D eigenvalue weighted by Gasteiger charge is -2.35. The third-order valence-electron chi connectivity index (χ3n) is 3.74. The second kappa shape index (κ2) is 4.95. The molecule has 0 amide bonds. The van der Waals surface area contributed by atoms with Crippen LogP contribution in [0.2, 0.25) is 0 Å². The van der Waals surface area contributed by atoms with Gasteiger partial charge in [0.15, 0.2) is 0 Å². The summed E-state index contributed by atoms with van der Waals surface area (Å²) in [7, 11) is 0. The molecule has 1 aliphatic heterocycles. The largest absolute Gasteiger partial charge is 0.396 e. The van der Waals surface area contributed by atoms with Crippen LogP contribution < -0.4 is 0 Å². The van der Waals surface area contributed by atoms with Crippen molar-refractivity contribution in [3.05, 3.63) is 0 Å². The lowest BCUT2D eigenvalue weighted by Crippen LogP contribution is -2.38. The molecule has 0 aromatic carbocycles. The van der Waals surface area contributed by atoms with Gasteiger partial charge in [-0.15, -0.1) is 0 Å². The summed E-state index contributed by atoms with van der Waals surface area (Å²) >= 11 is 3.49. The minimum Gasteiger partial charge on any atom is -0.396 e. The van der Waals surface area contributed by atoms with Gasteiger partial charge in [-0.25, -0.2) is 0 Å². The molecule has 2 aliphatic rings. The highest BCUT2D eigenvalue weighted by molar-refractivity contribution is 9.09. The van der Waals surface area contributed by atoms with E-state index in [2.05, 4.69) is 20.8 Å². The van der Waals surface area contributed by atoms with Crippen molar-refractivity contribution in [3.63, 3.8) is 0 Å². The van der Waals surface area contributed by atoms with Crippen LogP contribution in [0.25, 0.3) is 0 Å². The molecule has 1 unspecified atom stereocenters. The highest BCUT2D eigenvalue weighted by Crippen LogP contribution is 2.33. The molecular formula is C11H20BrNO. The highest BCUT2D eigenvalue weighted by atomic mass is 79.9. The minimum atomic E-state index is 0.347. The Morgan fingerprint density at radius 3 is 2.29 bits per heavy atom. The van der Waals surface area contributed by atoms with E-state index >= 15 is 0 Å². The molecular weight excluding hydrogens is 242 g/mol. The number of piperidine rings is 1. The molecule has 2 rings (SSSR count). The number of likely N-dealkylation sites (tertiary alicyclic amines) is 1. The van der Waals surface area contributed by atoms with Crippen LogP contribution in [0, 0.1) is 11.8 Å². The predicted molar refractivity (Wildman–Crippen MR) is 61.7 cm³/mol. The Balaban J connectivity index is 1.76. The van der Waals surface area contributed by atoms with Crippen molar-refractivity contribution in [1.29, 1.82) is 0 Å². The van der Waals surface area contributed by atoms with Gasteiger partial charge >= 0.3 is 0 Å². The van der Waals surface area contributed by atoms with Crippen molar-refractivity contribution in [3.8, 4) is 0 Å². The Kier molecular flexibility index (Phi) is 3.86. The Morgan fingerprint density at radius 2 is 1.86 bits per heavy atom. The molecule has 14 heavy (non-hydrogen) atoms. The molecule has 2 nitrogen and oxygen atoms in total. The summed E-state index contributed by atoms with van der Waals surface area (Å²) in [6.45, 7) is 2.87. The molecule has 1 atom stereocenters. The summed E-state index contributed by atoms with van der Waals surface area (Å²) in [6.07, 6.45) is 5.42. The van der Waals surface area contributed by atoms with Crippen molar-refractivity contribution in [2.24, 2.45) is 11.8 Å². The molecule has 1 saturated carbocycles.